The number of thiophene rings is 1. The van der Waals surface area contributed by atoms with E-state index in [1.54, 1.807) is 12.1 Å². The first-order valence-electron chi connectivity index (χ1n) is 10.4. The monoisotopic (exact) mass is 460 g/mol. The lowest BCUT2D eigenvalue weighted by molar-refractivity contribution is 0.244. The normalized spacial score (nSPS) is 16.3. The summed E-state index contributed by atoms with van der Waals surface area (Å²) in [4.78, 5) is 20.2. The Kier molecular flexibility index (Phi) is 5.30. The van der Waals surface area contributed by atoms with Crippen LogP contribution in [0.1, 0.15) is 35.5 Å². The summed E-state index contributed by atoms with van der Waals surface area (Å²) in [6.45, 7) is 5.87. The van der Waals surface area contributed by atoms with Gasteiger partial charge in [0.1, 0.15) is 5.82 Å². The molecule has 1 atom stereocenters. The first-order chi connectivity index (χ1) is 15.9. The Hall–Kier alpha value is -3.78. The number of rotatable bonds is 4. The molecule has 3 heterocycles. The van der Waals surface area contributed by atoms with Crippen molar-refractivity contribution in [3.8, 4) is 10.7 Å². The Bertz CT molecular complexity index is 1380. The fourth-order valence-corrected chi connectivity index (χ4v) is 4.63. The van der Waals surface area contributed by atoms with Crippen molar-refractivity contribution in [3.05, 3.63) is 94.1 Å². The fourth-order valence-electron chi connectivity index (χ4n) is 3.98. The van der Waals surface area contributed by atoms with E-state index < -0.39 is 11.9 Å². The highest BCUT2D eigenvalue weighted by Crippen LogP contribution is 2.39. The van der Waals surface area contributed by atoms with Crippen LogP contribution >= 0.6 is 11.3 Å². The number of amides is 2. The average molecular weight is 461 g/mol. The smallest absolute Gasteiger partial charge is 0.327 e. The fraction of sp³-hybridized carbons (Fsp3) is 0.160. The molecule has 0 saturated carbocycles. The zero-order chi connectivity index (χ0) is 23.1. The van der Waals surface area contributed by atoms with E-state index in [-0.39, 0.29) is 6.03 Å². The molecule has 2 aromatic carbocycles. The Balaban J connectivity index is 1.68. The standard InChI is InChI=1S/C25H21FN4O2S/c1-14-9-10-17(12-15(14)2)22-21(24-28-23(29-32-24)20-8-5-11-33-20)16(3)30(25(31)27-22)19-7-4-6-18(26)13-19/h4-13,22H,1-3H3,(H,27,31). The molecule has 0 aliphatic carbocycles. The maximum Gasteiger partial charge on any atom is 0.327 e. The van der Waals surface area contributed by atoms with E-state index in [0.717, 1.165) is 21.6 Å². The maximum absolute atomic E-state index is 14.0. The van der Waals surface area contributed by atoms with Crippen LogP contribution in [0.4, 0.5) is 14.9 Å². The van der Waals surface area contributed by atoms with Gasteiger partial charge in [0.15, 0.2) is 0 Å². The third-order valence-corrected chi connectivity index (χ3v) is 6.68. The molecule has 0 spiro atoms. The summed E-state index contributed by atoms with van der Waals surface area (Å²) in [6.07, 6.45) is 0. The van der Waals surface area contributed by atoms with Gasteiger partial charge in [0, 0.05) is 5.70 Å². The summed E-state index contributed by atoms with van der Waals surface area (Å²) in [6, 6.07) is 14.9. The van der Waals surface area contributed by atoms with Crippen LogP contribution in [-0.2, 0) is 0 Å². The lowest BCUT2D eigenvalue weighted by Gasteiger charge is -2.35. The number of benzene rings is 2. The topological polar surface area (TPSA) is 71.3 Å². The van der Waals surface area contributed by atoms with E-state index >= 15 is 0 Å². The summed E-state index contributed by atoms with van der Waals surface area (Å²) in [5.41, 5.74) is 4.83. The van der Waals surface area contributed by atoms with Crippen molar-refractivity contribution in [2.24, 2.45) is 0 Å². The number of aromatic nitrogens is 2. The number of hydrogen-bond acceptors (Lipinski definition) is 5. The average Bonchev–Trinajstić information content (AvgIpc) is 3.47. The van der Waals surface area contributed by atoms with Gasteiger partial charge in [-0.05, 0) is 67.1 Å². The summed E-state index contributed by atoms with van der Waals surface area (Å²) in [5, 5.41) is 9.15. The van der Waals surface area contributed by atoms with E-state index in [9.17, 15) is 9.18 Å². The Morgan fingerprint density at radius 2 is 1.91 bits per heavy atom. The van der Waals surface area contributed by atoms with Crippen LogP contribution in [0.15, 0.2) is 70.2 Å². The number of aryl methyl sites for hydroxylation is 2. The van der Waals surface area contributed by atoms with Crippen LogP contribution in [-0.4, -0.2) is 16.2 Å². The van der Waals surface area contributed by atoms with Crippen molar-refractivity contribution < 1.29 is 13.7 Å². The third-order valence-electron chi connectivity index (χ3n) is 5.81. The molecule has 5 rings (SSSR count). The maximum atomic E-state index is 14.0. The zero-order valence-corrected chi connectivity index (χ0v) is 19.1. The van der Waals surface area contributed by atoms with E-state index in [1.807, 2.05) is 56.5 Å². The second kappa shape index (κ2) is 8.29. The molecule has 0 fully saturated rings. The minimum Gasteiger partial charge on any atom is -0.334 e. The van der Waals surface area contributed by atoms with E-state index in [4.69, 9.17) is 4.52 Å². The highest BCUT2D eigenvalue weighted by molar-refractivity contribution is 7.13. The highest BCUT2D eigenvalue weighted by Gasteiger charge is 2.36. The molecule has 1 aliphatic rings. The number of urea groups is 1. The van der Waals surface area contributed by atoms with Crippen molar-refractivity contribution in [3.63, 3.8) is 0 Å². The van der Waals surface area contributed by atoms with Crippen LogP contribution in [0.25, 0.3) is 16.3 Å². The number of anilines is 1. The first kappa shape index (κ1) is 21.1. The number of hydrogen-bond donors (Lipinski definition) is 1. The predicted molar refractivity (Wildman–Crippen MR) is 126 cm³/mol. The Morgan fingerprint density at radius 1 is 1.06 bits per heavy atom. The molecule has 6 nitrogen and oxygen atoms in total. The van der Waals surface area contributed by atoms with Gasteiger partial charge in [0.05, 0.1) is 22.2 Å². The summed E-state index contributed by atoms with van der Waals surface area (Å²) >= 11 is 1.51. The molecule has 8 heteroatoms. The Labute approximate surface area is 194 Å². The molecule has 2 amide bonds. The van der Waals surface area contributed by atoms with Crippen LogP contribution in [0.3, 0.4) is 0 Å². The van der Waals surface area contributed by atoms with Gasteiger partial charge < -0.3 is 9.84 Å². The molecular weight excluding hydrogens is 439 g/mol. The van der Waals surface area contributed by atoms with Gasteiger partial charge in [-0.25, -0.2) is 9.18 Å². The van der Waals surface area contributed by atoms with Gasteiger partial charge in [0.25, 0.3) is 5.89 Å². The summed E-state index contributed by atoms with van der Waals surface area (Å²) in [7, 11) is 0. The van der Waals surface area contributed by atoms with Gasteiger partial charge in [-0.2, -0.15) is 4.98 Å². The molecule has 1 aliphatic heterocycles. The number of carbonyl (C=O) groups is 1. The quantitative estimate of drug-likeness (QED) is 0.390. The second-order valence-corrected chi connectivity index (χ2v) is 8.89. The van der Waals surface area contributed by atoms with Crippen LogP contribution in [0.5, 0.6) is 0 Å². The molecule has 0 radical (unpaired) electrons. The van der Waals surface area contributed by atoms with Gasteiger partial charge in [-0.15, -0.1) is 11.3 Å². The number of nitrogens with one attached hydrogen (secondary N) is 1. The van der Waals surface area contributed by atoms with Crippen LogP contribution < -0.4 is 10.2 Å². The lowest BCUT2D eigenvalue weighted by atomic mass is 9.92. The van der Waals surface area contributed by atoms with E-state index in [2.05, 4.69) is 15.5 Å². The second-order valence-electron chi connectivity index (χ2n) is 7.94. The molecule has 1 unspecified atom stereocenters. The SMILES string of the molecule is CC1=C(c2nc(-c3cccs3)no2)C(c2ccc(C)c(C)c2)NC(=O)N1c1cccc(F)c1. The van der Waals surface area contributed by atoms with Gasteiger partial charge in [-0.3, -0.25) is 4.90 Å². The third kappa shape index (κ3) is 3.82. The molecule has 0 bridgehead atoms. The molecule has 4 aromatic rings. The summed E-state index contributed by atoms with van der Waals surface area (Å²) in [5.74, 6) is 0.359. The van der Waals surface area contributed by atoms with Crippen molar-refractivity contribution in [1.29, 1.82) is 0 Å². The molecule has 2 aromatic heterocycles. The molecular formula is C25H21FN4O2S. The molecule has 0 saturated heterocycles. The van der Waals surface area contributed by atoms with E-state index in [1.165, 1.54) is 28.4 Å². The minimum atomic E-state index is -0.502. The van der Waals surface area contributed by atoms with Crippen molar-refractivity contribution >= 4 is 28.6 Å². The number of allylic oxidation sites excluding steroid dienone is 1. The van der Waals surface area contributed by atoms with Crippen molar-refractivity contribution in [1.82, 2.24) is 15.5 Å². The van der Waals surface area contributed by atoms with Gasteiger partial charge >= 0.3 is 6.03 Å². The highest BCUT2D eigenvalue weighted by atomic mass is 32.1. The lowest BCUT2D eigenvalue weighted by Crippen LogP contribution is -2.46. The van der Waals surface area contributed by atoms with Crippen molar-refractivity contribution in [2.45, 2.75) is 26.8 Å². The number of nitrogens with zero attached hydrogens (tertiary/aromatic N) is 3. The van der Waals surface area contributed by atoms with E-state index in [0.29, 0.717) is 28.7 Å². The van der Waals surface area contributed by atoms with Crippen molar-refractivity contribution in [2.75, 3.05) is 4.90 Å². The van der Waals surface area contributed by atoms with Gasteiger partial charge in [0.2, 0.25) is 5.82 Å². The number of carbonyl (C=O) groups excluding carboxylic acids is 1. The minimum absolute atomic E-state index is 0.306. The molecule has 33 heavy (non-hydrogen) atoms. The first-order valence-corrected chi connectivity index (χ1v) is 11.3. The number of halogens is 1. The largest absolute Gasteiger partial charge is 0.334 e. The van der Waals surface area contributed by atoms with Crippen LogP contribution in [0.2, 0.25) is 0 Å². The molecule has 1 N–H and O–H groups in total. The predicted octanol–water partition coefficient (Wildman–Crippen LogP) is 6.26. The van der Waals surface area contributed by atoms with Gasteiger partial charge in [-0.1, -0.05) is 35.5 Å². The zero-order valence-electron chi connectivity index (χ0n) is 18.3. The Morgan fingerprint density at radius 3 is 2.64 bits per heavy atom. The molecule has 166 valence electrons. The summed E-state index contributed by atoms with van der Waals surface area (Å²) < 4.78 is 19.6. The van der Waals surface area contributed by atoms with Crippen LogP contribution in [0, 0.1) is 19.7 Å².